The van der Waals surface area contributed by atoms with Crippen LogP contribution >= 0.6 is 0 Å². The highest BCUT2D eigenvalue weighted by atomic mass is 16.2. The molecular formula is C20H27N3O2. The van der Waals surface area contributed by atoms with Crippen molar-refractivity contribution in [1.29, 1.82) is 0 Å². The topological polar surface area (TPSA) is 70.2 Å². The zero-order valence-electron chi connectivity index (χ0n) is 15.1. The summed E-state index contributed by atoms with van der Waals surface area (Å²) in [5.41, 5.74) is 0.939. The number of hydrogen-bond donors (Lipinski definition) is 3. The average Bonchev–Trinajstić information content (AvgIpc) is 2.59. The first-order valence-electron chi connectivity index (χ1n) is 8.70. The molecule has 2 rings (SSSR count). The molecule has 5 heteroatoms. The minimum absolute atomic E-state index is 0.0233. The van der Waals surface area contributed by atoms with E-state index in [1.165, 1.54) is 0 Å². The fourth-order valence-electron chi connectivity index (χ4n) is 2.71. The number of fused-ring (bicyclic) bond motifs is 1. The van der Waals surface area contributed by atoms with E-state index >= 15 is 0 Å². The molecule has 0 bridgehead atoms. The van der Waals surface area contributed by atoms with Crippen LogP contribution < -0.4 is 16.0 Å². The van der Waals surface area contributed by atoms with E-state index in [1.807, 2.05) is 63.4 Å². The van der Waals surface area contributed by atoms with Gasteiger partial charge in [0.25, 0.3) is 0 Å². The second-order valence-corrected chi connectivity index (χ2v) is 6.54. The van der Waals surface area contributed by atoms with Crippen LogP contribution in [0, 0.1) is 5.92 Å². The second kappa shape index (κ2) is 9.18. The lowest BCUT2D eigenvalue weighted by molar-refractivity contribution is -0.129. The van der Waals surface area contributed by atoms with Crippen LogP contribution in [0.2, 0.25) is 0 Å². The largest absolute Gasteiger partial charge is 0.353 e. The molecule has 3 N–H and O–H groups in total. The number of carbonyl (C=O) groups excluding carboxylic acids is 2. The Morgan fingerprint density at radius 3 is 2.40 bits per heavy atom. The third-order valence-corrected chi connectivity index (χ3v) is 4.12. The monoisotopic (exact) mass is 341 g/mol. The first-order valence-corrected chi connectivity index (χ1v) is 8.70. The Bertz CT molecular complexity index is 728. The summed E-state index contributed by atoms with van der Waals surface area (Å²) in [6.07, 6.45) is 0.262. The van der Waals surface area contributed by atoms with Crippen LogP contribution in [-0.4, -0.2) is 38.0 Å². The normalized spacial score (nSPS) is 12.2. The smallest absolute Gasteiger partial charge is 0.242 e. The Morgan fingerprint density at radius 1 is 1.00 bits per heavy atom. The van der Waals surface area contributed by atoms with E-state index in [0.29, 0.717) is 13.1 Å². The maximum Gasteiger partial charge on any atom is 0.242 e. The van der Waals surface area contributed by atoms with Gasteiger partial charge in [-0.05, 0) is 29.3 Å². The van der Waals surface area contributed by atoms with E-state index in [4.69, 9.17) is 0 Å². The number of nitrogens with one attached hydrogen (secondary N) is 3. The van der Waals surface area contributed by atoms with Gasteiger partial charge in [-0.2, -0.15) is 0 Å². The Labute approximate surface area is 149 Å². The molecule has 0 heterocycles. The number of likely N-dealkylation sites (N-methyl/N-ethyl adjacent to an activating group) is 1. The molecule has 2 amide bonds. The predicted molar refractivity (Wildman–Crippen MR) is 101 cm³/mol. The lowest BCUT2D eigenvalue weighted by Crippen LogP contribution is -2.50. The van der Waals surface area contributed by atoms with Gasteiger partial charge in [0.2, 0.25) is 11.8 Å². The number of hydrogen-bond acceptors (Lipinski definition) is 3. The molecule has 1 atom stereocenters. The van der Waals surface area contributed by atoms with E-state index in [-0.39, 0.29) is 24.2 Å². The molecule has 0 fully saturated rings. The Kier molecular flexibility index (Phi) is 6.95. The standard InChI is InChI=1S/C20H27N3O2/c1-14(2)19(20(25)22-11-10-21-3)23-18(24)13-15-8-9-16-6-4-5-7-17(16)12-15/h4-9,12,14,19,21H,10-11,13H2,1-3H3,(H,22,25)(H,23,24). The average molecular weight is 341 g/mol. The molecule has 0 radical (unpaired) electrons. The summed E-state index contributed by atoms with van der Waals surface area (Å²) in [5.74, 6) is -0.259. The lowest BCUT2D eigenvalue weighted by Gasteiger charge is -2.21. The van der Waals surface area contributed by atoms with Crippen molar-refractivity contribution >= 4 is 22.6 Å². The van der Waals surface area contributed by atoms with Crippen molar-refractivity contribution < 1.29 is 9.59 Å². The molecule has 2 aromatic rings. The van der Waals surface area contributed by atoms with Gasteiger partial charge < -0.3 is 16.0 Å². The fraction of sp³-hybridized carbons (Fsp3) is 0.400. The molecule has 134 valence electrons. The molecule has 0 aliphatic heterocycles. The second-order valence-electron chi connectivity index (χ2n) is 6.54. The van der Waals surface area contributed by atoms with Gasteiger partial charge in [-0.15, -0.1) is 0 Å². The van der Waals surface area contributed by atoms with Crippen LogP contribution in [-0.2, 0) is 16.0 Å². The van der Waals surface area contributed by atoms with E-state index in [9.17, 15) is 9.59 Å². The zero-order chi connectivity index (χ0) is 18.2. The lowest BCUT2D eigenvalue weighted by atomic mass is 10.0. The number of benzene rings is 2. The predicted octanol–water partition coefficient (Wildman–Crippen LogP) is 1.86. The minimum Gasteiger partial charge on any atom is -0.353 e. The van der Waals surface area contributed by atoms with Gasteiger partial charge in [-0.1, -0.05) is 56.3 Å². The Hall–Kier alpha value is -2.40. The van der Waals surface area contributed by atoms with Crippen LogP contribution in [0.4, 0.5) is 0 Å². The van der Waals surface area contributed by atoms with Gasteiger partial charge >= 0.3 is 0 Å². The van der Waals surface area contributed by atoms with Crippen LogP contribution in [0.3, 0.4) is 0 Å². The summed E-state index contributed by atoms with van der Waals surface area (Å²) in [6.45, 7) is 5.10. The first kappa shape index (κ1) is 18.9. The summed E-state index contributed by atoms with van der Waals surface area (Å²) < 4.78 is 0. The quantitative estimate of drug-likeness (QED) is 0.642. The van der Waals surface area contributed by atoms with Crippen LogP contribution in [0.1, 0.15) is 19.4 Å². The summed E-state index contributed by atoms with van der Waals surface area (Å²) in [7, 11) is 1.83. The highest BCUT2D eigenvalue weighted by Crippen LogP contribution is 2.16. The van der Waals surface area contributed by atoms with Gasteiger partial charge in [0, 0.05) is 13.1 Å². The van der Waals surface area contributed by atoms with E-state index in [0.717, 1.165) is 16.3 Å². The van der Waals surface area contributed by atoms with Crippen LogP contribution in [0.5, 0.6) is 0 Å². The van der Waals surface area contributed by atoms with Crippen molar-refractivity contribution in [3.8, 4) is 0 Å². The summed E-state index contributed by atoms with van der Waals surface area (Å²) in [6, 6.07) is 13.5. The number of rotatable bonds is 8. The molecule has 2 aromatic carbocycles. The molecule has 1 unspecified atom stereocenters. The Morgan fingerprint density at radius 2 is 1.72 bits per heavy atom. The van der Waals surface area contributed by atoms with Crippen molar-refractivity contribution in [2.24, 2.45) is 5.92 Å². The maximum atomic E-state index is 12.4. The van der Waals surface area contributed by atoms with Crippen molar-refractivity contribution in [3.05, 3.63) is 48.0 Å². The Balaban J connectivity index is 1.98. The SMILES string of the molecule is CNCCNC(=O)C(NC(=O)Cc1ccc2ccccc2c1)C(C)C. The first-order chi connectivity index (χ1) is 12.0. The highest BCUT2D eigenvalue weighted by molar-refractivity contribution is 5.89. The molecule has 5 nitrogen and oxygen atoms in total. The molecule has 0 saturated heterocycles. The number of carbonyl (C=O) groups is 2. The van der Waals surface area contributed by atoms with Crippen molar-refractivity contribution in [2.45, 2.75) is 26.3 Å². The van der Waals surface area contributed by atoms with Crippen molar-refractivity contribution in [2.75, 3.05) is 20.1 Å². The summed E-state index contributed by atoms with van der Waals surface area (Å²) in [5, 5.41) is 10.9. The van der Waals surface area contributed by atoms with Crippen LogP contribution in [0.25, 0.3) is 10.8 Å². The molecule has 0 saturated carbocycles. The maximum absolute atomic E-state index is 12.4. The highest BCUT2D eigenvalue weighted by Gasteiger charge is 2.23. The summed E-state index contributed by atoms with van der Waals surface area (Å²) >= 11 is 0. The third-order valence-electron chi connectivity index (χ3n) is 4.12. The molecule has 0 aromatic heterocycles. The number of amides is 2. The molecule has 0 spiro atoms. The third kappa shape index (κ3) is 5.57. The van der Waals surface area contributed by atoms with Gasteiger partial charge in [-0.25, -0.2) is 0 Å². The summed E-state index contributed by atoms with van der Waals surface area (Å²) in [4.78, 5) is 24.7. The van der Waals surface area contributed by atoms with E-state index in [2.05, 4.69) is 16.0 Å². The molecular weight excluding hydrogens is 314 g/mol. The minimum atomic E-state index is -0.523. The molecule has 0 aliphatic rings. The van der Waals surface area contributed by atoms with E-state index in [1.54, 1.807) is 0 Å². The zero-order valence-corrected chi connectivity index (χ0v) is 15.1. The molecule has 0 aliphatic carbocycles. The van der Waals surface area contributed by atoms with Crippen molar-refractivity contribution in [3.63, 3.8) is 0 Å². The van der Waals surface area contributed by atoms with Gasteiger partial charge in [0.05, 0.1) is 6.42 Å². The van der Waals surface area contributed by atoms with Gasteiger partial charge in [0.15, 0.2) is 0 Å². The van der Waals surface area contributed by atoms with Gasteiger partial charge in [0.1, 0.15) is 6.04 Å². The van der Waals surface area contributed by atoms with Crippen LogP contribution in [0.15, 0.2) is 42.5 Å². The van der Waals surface area contributed by atoms with Gasteiger partial charge in [-0.3, -0.25) is 9.59 Å². The van der Waals surface area contributed by atoms with E-state index < -0.39 is 6.04 Å². The molecule has 25 heavy (non-hydrogen) atoms. The fourth-order valence-corrected chi connectivity index (χ4v) is 2.71. The van der Waals surface area contributed by atoms with Crippen molar-refractivity contribution in [1.82, 2.24) is 16.0 Å².